The molecule has 3 nitrogen and oxygen atoms in total. The molecular formula is C12H12ClN3S. The maximum Gasteiger partial charge on any atom is 0.195 e. The Hall–Kier alpha value is -1.13. The predicted octanol–water partition coefficient (Wildman–Crippen LogP) is 3.90. The molecule has 2 aromatic rings. The van der Waals surface area contributed by atoms with Crippen LogP contribution in [0.25, 0.3) is 11.4 Å². The zero-order valence-corrected chi connectivity index (χ0v) is 11.0. The monoisotopic (exact) mass is 265 g/mol. The second kappa shape index (κ2) is 3.96. The number of aromatic amines is 1. The summed E-state index contributed by atoms with van der Waals surface area (Å²) in [5.74, 6) is 0.850. The summed E-state index contributed by atoms with van der Waals surface area (Å²) in [7, 11) is 0. The molecule has 1 fully saturated rings. The highest BCUT2D eigenvalue weighted by Gasteiger charge is 2.28. The maximum atomic E-state index is 6.27. The van der Waals surface area contributed by atoms with Crippen LogP contribution in [0, 0.1) is 11.7 Å². The molecule has 0 atom stereocenters. The van der Waals surface area contributed by atoms with Crippen LogP contribution in [0.2, 0.25) is 5.02 Å². The second-order valence-corrected chi connectivity index (χ2v) is 5.23. The van der Waals surface area contributed by atoms with Gasteiger partial charge in [-0.2, -0.15) is 5.10 Å². The number of nitrogens with zero attached hydrogens (tertiary/aromatic N) is 2. The number of aromatic nitrogens is 3. The van der Waals surface area contributed by atoms with Gasteiger partial charge in [0.15, 0.2) is 10.6 Å². The number of H-pyrrole nitrogens is 1. The summed E-state index contributed by atoms with van der Waals surface area (Å²) in [4.78, 5) is 0. The molecule has 1 heterocycles. The van der Waals surface area contributed by atoms with Crippen molar-refractivity contribution in [3.05, 3.63) is 33.6 Å². The Kier molecular flexibility index (Phi) is 2.56. The van der Waals surface area contributed by atoms with Crippen molar-refractivity contribution in [3.63, 3.8) is 0 Å². The summed E-state index contributed by atoms with van der Waals surface area (Å²) < 4.78 is 2.76. The molecule has 0 unspecified atom stereocenters. The lowest BCUT2D eigenvalue weighted by molar-refractivity contribution is 0.735. The van der Waals surface area contributed by atoms with E-state index in [-0.39, 0.29) is 0 Å². The first kappa shape index (κ1) is 11.0. The van der Waals surface area contributed by atoms with Gasteiger partial charge in [0.05, 0.1) is 5.02 Å². The fraction of sp³-hybridized carbons (Fsp3) is 0.333. The number of rotatable bonds is 2. The van der Waals surface area contributed by atoms with Gasteiger partial charge in [0.25, 0.3) is 0 Å². The first-order valence-electron chi connectivity index (χ1n) is 5.60. The first-order valence-corrected chi connectivity index (χ1v) is 6.39. The Morgan fingerprint density at radius 2 is 2.24 bits per heavy atom. The van der Waals surface area contributed by atoms with Crippen LogP contribution in [0.1, 0.15) is 24.4 Å². The average Bonchev–Trinajstić information content (AvgIpc) is 3.03. The predicted molar refractivity (Wildman–Crippen MR) is 70.9 cm³/mol. The molecule has 0 saturated heterocycles. The van der Waals surface area contributed by atoms with Gasteiger partial charge in [0.2, 0.25) is 0 Å². The highest BCUT2D eigenvalue weighted by Crippen LogP contribution is 2.39. The van der Waals surface area contributed by atoms with E-state index in [1.54, 1.807) is 0 Å². The molecule has 0 radical (unpaired) electrons. The normalized spacial score (nSPS) is 15.2. The molecule has 0 spiro atoms. The van der Waals surface area contributed by atoms with Crippen LogP contribution in [0.15, 0.2) is 18.2 Å². The van der Waals surface area contributed by atoms with Crippen molar-refractivity contribution in [2.75, 3.05) is 0 Å². The van der Waals surface area contributed by atoms with Crippen LogP contribution >= 0.6 is 23.8 Å². The second-order valence-electron chi connectivity index (χ2n) is 4.44. The van der Waals surface area contributed by atoms with Crippen molar-refractivity contribution in [1.82, 2.24) is 14.8 Å². The highest BCUT2D eigenvalue weighted by atomic mass is 35.5. The summed E-state index contributed by atoms with van der Waals surface area (Å²) in [6.45, 7) is 2.02. The van der Waals surface area contributed by atoms with E-state index in [4.69, 9.17) is 23.8 Å². The SMILES string of the molecule is Cc1ccc(-c2n[nH]c(=S)n2C2CC2)c(Cl)c1. The number of nitrogens with one attached hydrogen (secondary N) is 1. The van der Waals surface area contributed by atoms with Crippen LogP contribution in [-0.4, -0.2) is 14.8 Å². The summed E-state index contributed by atoms with van der Waals surface area (Å²) in [6.07, 6.45) is 2.34. The van der Waals surface area contributed by atoms with Crippen molar-refractivity contribution >= 4 is 23.8 Å². The van der Waals surface area contributed by atoms with Crippen LogP contribution < -0.4 is 0 Å². The van der Waals surface area contributed by atoms with Crippen LogP contribution in [0.3, 0.4) is 0 Å². The molecule has 1 N–H and O–H groups in total. The van der Waals surface area contributed by atoms with Gasteiger partial charge in [-0.15, -0.1) is 0 Å². The third-order valence-electron chi connectivity index (χ3n) is 2.98. The van der Waals surface area contributed by atoms with E-state index in [1.165, 1.54) is 12.8 Å². The zero-order valence-electron chi connectivity index (χ0n) is 9.40. The van der Waals surface area contributed by atoms with Gasteiger partial charge in [-0.3, -0.25) is 9.67 Å². The van der Waals surface area contributed by atoms with Gasteiger partial charge >= 0.3 is 0 Å². The molecule has 0 bridgehead atoms. The summed E-state index contributed by atoms with van der Waals surface area (Å²) in [5.41, 5.74) is 2.09. The topological polar surface area (TPSA) is 33.6 Å². The maximum absolute atomic E-state index is 6.27. The first-order chi connectivity index (χ1) is 8.16. The lowest BCUT2D eigenvalue weighted by Crippen LogP contribution is -1.98. The van der Waals surface area contributed by atoms with Crippen molar-refractivity contribution in [1.29, 1.82) is 0 Å². The molecular weight excluding hydrogens is 254 g/mol. The largest absolute Gasteiger partial charge is 0.297 e. The van der Waals surface area contributed by atoms with Gasteiger partial charge in [-0.25, -0.2) is 0 Å². The molecule has 5 heteroatoms. The van der Waals surface area contributed by atoms with Crippen LogP contribution in [-0.2, 0) is 0 Å². The number of benzene rings is 1. The lowest BCUT2D eigenvalue weighted by atomic mass is 10.1. The Morgan fingerprint density at radius 3 is 2.88 bits per heavy atom. The molecule has 1 aromatic heterocycles. The fourth-order valence-corrected chi connectivity index (χ4v) is 2.57. The molecule has 1 aliphatic rings. The average molecular weight is 266 g/mol. The minimum absolute atomic E-state index is 0.494. The zero-order chi connectivity index (χ0) is 12.0. The molecule has 1 aromatic carbocycles. The molecule has 0 amide bonds. The van der Waals surface area contributed by atoms with Gasteiger partial charge < -0.3 is 0 Å². The Morgan fingerprint density at radius 1 is 1.47 bits per heavy atom. The van der Waals surface area contributed by atoms with Gasteiger partial charge in [0.1, 0.15) is 0 Å². The van der Waals surface area contributed by atoms with E-state index >= 15 is 0 Å². The van der Waals surface area contributed by atoms with Crippen LogP contribution in [0.4, 0.5) is 0 Å². The number of aryl methyl sites for hydroxylation is 1. The molecule has 88 valence electrons. The quantitative estimate of drug-likeness (QED) is 0.836. The number of hydrogen-bond donors (Lipinski definition) is 1. The van der Waals surface area contributed by atoms with E-state index < -0.39 is 0 Å². The van der Waals surface area contributed by atoms with Gasteiger partial charge in [-0.1, -0.05) is 17.7 Å². The van der Waals surface area contributed by atoms with E-state index in [9.17, 15) is 0 Å². The third-order valence-corrected chi connectivity index (χ3v) is 3.58. The van der Waals surface area contributed by atoms with Crippen molar-refractivity contribution < 1.29 is 0 Å². The number of halogens is 1. The van der Waals surface area contributed by atoms with E-state index in [0.29, 0.717) is 10.8 Å². The van der Waals surface area contributed by atoms with Crippen molar-refractivity contribution in [3.8, 4) is 11.4 Å². The Balaban J connectivity index is 2.18. The van der Waals surface area contributed by atoms with Gasteiger partial charge in [0, 0.05) is 11.6 Å². The molecule has 0 aliphatic heterocycles. The van der Waals surface area contributed by atoms with Crippen molar-refractivity contribution in [2.45, 2.75) is 25.8 Å². The lowest BCUT2D eigenvalue weighted by Gasteiger charge is -2.07. The molecule has 17 heavy (non-hydrogen) atoms. The minimum Gasteiger partial charge on any atom is -0.297 e. The third kappa shape index (κ3) is 1.91. The Bertz CT molecular complexity index is 625. The van der Waals surface area contributed by atoms with Gasteiger partial charge in [-0.05, 0) is 49.7 Å². The smallest absolute Gasteiger partial charge is 0.195 e. The molecule has 1 saturated carbocycles. The van der Waals surface area contributed by atoms with Crippen molar-refractivity contribution in [2.24, 2.45) is 0 Å². The molecule has 3 rings (SSSR count). The summed E-state index contributed by atoms with van der Waals surface area (Å²) in [5, 5.41) is 7.88. The van der Waals surface area contributed by atoms with E-state index in [2.05, 4.69) is 14.8 Å². The summed E-state index contributed by atoms with van der Waals surface area (Å²) >= 11 is 11.5. The van der Waals surface area contributed by atoms with E-state index in [0.717, 1.165) is 22.0 Å². The Labute approximate surface area is 109 Å². The van der Waals surface area contributed by atoms with Crippen LogP contribution in [0.5, 0.6) is 0 Å². The molecule has 1 aliphatic carbocycles. The number of hydrogen-bond acceptors (Lipinski definition) is 2. The van der Waals surface area contributed by atoms with E-state index in [1.807, 2.05) is 25.1 Å². The fourth-order valence-electron chi connectivity index (χ4n) is 1.97. The summed E-state index contributed by atoms with van der Waals surface area (Å²) in [6, 6.07) is 6.48. The highest BCUT2D eigenvalue weighted by molar-refractivity contribution is 7.71. The standard InChI is InChI=1S/C12H12ClN3S/c1-7-2-5-9(10(13)6-7)11-14-15-12(17)16(11)8-3-4-8/h2,5-6,8H,3-4H2,1H3,(H,15,17). The minimum atomic E-state index is 0.494.